The maximum atomic E-state index is 10.7. The van der Waals surface area contributed by atoms with Gasteiger partial charge in [-0.05, 0) is 12.8 Å². The minimum absolute atomic E-state index is 0.00810. The van der Waals surface area contributed by atoms with E-state index >= 15 is 0 Å². The standard InChI is InChI=1S/C8H8O5/c9-7(10)3-1-2-4-6(13-4)5(3)8(11)12/h4,6H,1-2H2,(H,9,10)(H,11,12). The second kappa shape index (κ2) is 2.56. The Kier molecular flexibility index (Phi) is 1.63. The summed E-state index contributed by atoms with van der Waals surface area (Å²) in [5.41, 5.74) is -0.0741. The Morgan fingerprint density at radius 1 is 1.31 bits per heavy atom. The van der Waals surface area contributed by atoms with Crippen molar-refractivity contribution < 1.29 is 24.5 Å². The highest BCUT2D eigenvalue weighted by molar-refractivity contribution is 6.00. The van der Waals surface area contributed by atoms with E-state index in [9.17, 15) is 9.59 Å². The third-order valence-corrected chi connectivity index (χ3v) is 2.36. The van der Waals surface area contributed by atoms with Gasteiger partial charge in [-0.15, -0.1) is 0 Å². The Hall–Kier alpha value is -1.36. The van der Waals surface area contributed by atoms with Crippen molar-refractivity contribution in [3.63, 3.8) is 0 Å². The molecule has 0 amide bonds. The third-order valence-electron chi connectivity index (χ3n) is 2.36. The molecule has 1 aliphatic carbocycles. The quantitative estimate of drug-likeness (QED) is 0.590. The zero-order chi connectivity index (χ0) is 9.59. The molecule has 0 aromatic carbocycles. The van der Waals surface area contributed by atoms with Crippen LogP contribution in [0.15, 0.2) is 11.1 Å². The summed E-state index contributed by atoms with van der Waals surface area (Å²) >= 11 is 0. The zero-order valence-electron chi connectivity index (χ0n) is 6.69. The highest BCUT2D eigenvalue weighted by Gasteiger charge is 2.49. The van der Waals surface area contributed by atoms with Crippen molar-refractivity contribution in [3.8, 4) is 0 Å². The van der Waals surface area contributed by atoms with E-state index < -0.39 is 18.0 Å². The summed E-state index contributed by atoms with van der Waals surface area (Å²) in [6.45, 7) is 0. The van der Waals surface area contributed by atoms with Crippen molar-refractivity contribution in [1.82, 2.24) is 0 Å². The van der Waals surface area contributed by atoms with Crippen molar-refractivity contribution in [2.24, 2.45) is 0 Å². The van der Waals surface area contributed by atoms with E-state index in [0.29, 0.717) is 6.42 Å². The molecule has 2 atom stereocenters. The van der Waals surface area contributed by atoms with Crippen LogP contribution in [-0.4, -0.2) is 34.4 Å². The number of carbonyl (C=O) groups is 2. The van der Waals surface area contributed by atoms with Gasteiger partial charge in [0.25, 0.3) is 0 Å². The van der Waals surface area contributed by atoms with Gasteiger partial charge in [-0.25, -0.2) is 9.59 Å². The maximum absolute atomic E-state index is 10.7. The highest BCUT2D eigenvalue weighted by Crippen LogP contribution is 2.40. The second-order valence-corrected chi connectivity index (χ2v) is 3.14. The summed E-state index contributed by atoms with van der Waals surface area (Å²) in [6, 6.07) is 0. The van der Waals surface area contributed by atoms with Crippen LogP contribution in [0, 0.1) is 0 Å². The fraction of sp³-hybridized carbons (Fsp3) is 0.500. The molecule has 5 heteroatoms. The lowest BCUT2D eigenvalue weighted by Gasteiger charge is -2.09. The molecule has 1 heterocycles. The monoisotopic (exact) mass is 184 g/mol. The van der Waals surface area contributed by atoms with E-state index in [0.717, 1.165) is 0 Å². The first kappa shape index (κ1) is 8.25. The van der Waals surface area contributed by atoms with Gasteiger partial charge in [0.15, 0.2) is 0 Å². The first-order chi connectivity index (χ1) is 6.11. The number of fused-ring (bicyclic) bond motifs is 1. The summed E-state index contributed by atoms with van der Waals surface area (Å²) in [4.78, 5) is 21.4. The third kappa shape index (κ3) is 1.21. The van der Waals surface area contributed by atoms with E-state index in [1.807, 2.05) is 0 Å². The molecule has 0 saturated carbocycles. The van der Waals surface area contributed by atoms with Crippen molar-refractivity contribution >= 4 is 11.9 Å². The minimum Gasteiger partial charge on any atom is -0.478 e. The number of ether oxygens (including phenoxy) is 1. The molecule has 1 fully saturated rings. The van der Waals surface area contributed by atoms with Gasteiger partial charge in [0.05, 0.1) is 17.3 Å². The number of aliphatic carboxylic acids is 2. The number of rotatable bonds is 2. The molecule has 1 saturated heterocycles. The van der Waals surface area contributed by atoms with Gasteiger partial charge in [-0.2, -0.15) is 0 Å². The van der Waals surface area contributed by atoms with E-state index in [1.165, 1.54) is 0 Å². The molecule has 13 heavy (non-hydrogen) atoms. The largest absolute Gasteiger partial charge is 0.478 e. The molecule has 2 rings (SSSR count). The summed E-state index contributed by atoms with van der Waals surface area (Å²) in [6.07, 6.45) is 0.368. The Morgan fingerprint density at radius 2 is 2.00 bits per heavy atom. The maximum Gasteiger partial charge on any atom is 0.334 e. The van der Waals surface area contributed by atoms with Gasteiger partial charge < -0.3 is 14.9 Å². The topological polar surface area (TPSA) is 87.1 Å². The lowest BCUT2D eigenvalue weighted by atomic mass is 9.92. The van der Waals surface area contributed by atoms with Crippen LogP contribution in [0.3, 0.4) is 0 Å². The van der Waals surface area contributed by atoms with Crippen molar-refractivity contribution in [2.45, 2.75) is 25.0 Å². The molecule has 0 aromatic heterocycles. The van der Waals surface area contributed by atoms with Crippen LogP contribution in [0.5, 0.6) is 0 Å². The number of hydrogen-bond donors (Lipinski definition) is 2. The normalized spacial score (nSPS) is 31.1. The predicted molar refractivity (Wildman–Crippen MR) is 40.2 cm³/mol. The number of hydrogen-bond acceptors (Lipinski definition) is 3. The molecular formula is C8H8O5. The van der Waals surface area contributed by atoms with E-state index in [4.69, 9.17) is 14.9 Å². The highest BCUT2D eigenvalue weighted by atomic mass is 16.6. The Balaban J connectivity index is 2.39. The molecule has 0 aromatic rings. The summed E-state index contributed by atoms with van der Waals surface area (Å²) < 4.78 is 5.03. The van der Waals surface area contributed by atoms with Crippen molar-refractivity contribution in [1.29, 1.82) is 0 Å². The SMILES string of the molecule is O=C(O)C1=C(C(=O)O)C2OC2CC1. The zero-order valence-corrected chi connectivity index (χ0v) is 6.69. The minimum atomic E-state index is -1.18. The van der Waals surface area contributed by atoms with Crippen LogP contribution < -0.4 is 0 Å². The van der Waals surface area contributed by atoms with Crippen LogP contribution in [0.1, 0.15) is 12.8 Å². The van der Waals surface area contributed by atoms with Crippen molar-refractivity contribution in [2.75, 3.05) is 0 Å². The van der Waals surface area contributed by atoms with Crippen LogP contribution in [0.2, 0.25) is 0 Å². The van der Waals surface area contributed by atoms with Crippen molar-refractivity contribution in [3.05, 3.63) is 11.1 Å². The molecule has 0 radical (unpaired) electrons. The molecule has 1 aliphatic heterocycles. The van der Waals surface area contributed by atoms with Crippen LogP contribution in [0.4, 0.5) is 0 Å². The van der Waals surface area contributed by atoms with Crippen LogP contribution in [0.25, 0.3) is 0 Å². The average Bonchev–Trinajstić information content (AvgIpc) is 2.79. The van der Waals surface area contributed by atoms with Crippen LogP contribution in [-0.2, 0) is 14.3 Å². The first-order valence-corrected chi connectivity index (χ1v) is 3.96. The van der Waals surface area contributed by atoms with E-state index in [-0.39, 0.29) is 23.7 Å². The molecule has 0 bridgehead atoms. The molecule has 70 valence electrons. The molecule has 0 spiro atoms. The summed E-state index contributed by atoms with van der Waals surface area (Å²) in [5, 5.41) is 17.5. The summed E-state index contributed by atoms with van der Waals surface area (Å²) in [5.74, 6) is -2.32. The summed E-state index contributed by atoms with van der Waals surface area (Å²) in [7, 11) is 0. The van der Waals surface area contributed by atoms with E-state index in [2.05, 4.69) is 0 Å². The number of epoxide rings is 1. The number of carboxylic acids is 2. The van der Waals surface area contributed by atoms with E-state index in [1.54, 1.807) is 0 Å². The predicted octanol–water partition coefficient (Wildman–Crippen LogP) is 0.0134. The molecular weight excluding hydrogens is 176 g/mol. The Morgan fingerprint density at radius 3 is 2.54 bits per heavy atom. The van der Waals surface area contributed by atoms with Gasteiger partial charge in [-0.1, -0.05) is 0 Å². The van der Waals surface area contributed by atoms with Gasteiger partial charge in [0, 0.05) is 0 Å². The molecule has 2 unspecified atom stereocenters. The average molecular weight is 184 g/mol. The number of carboxylic acid groups (broad SMARTS) is 2. The fourth-order valence-electron chi connectivity index (χ4n) is 1.68. The molecule has 5 nitrogen and oxygen atoms in total. The van der Waals surface area contributed by atoms with Gasteiger partial charge in [0.1, 0.15) is 6.10 Å². The smallest absolute Gasteiger partial charge is 0.334 e. The lowest BCUT2D eigenvalue weighted by Crippen LogP contribution is -2.20. The Labute approximate surface area is 73.6 Å². The van der Waals surface area contributed by atoms with Gasteiger partial charge in [-0.3, -0.25) is 0 Å². The first-order valence-electron chi connectivity index (χ1n) is 3.96. The Bertz CT molecular complexity index is 316. The molecule has 2 aliphatic rings. The second-order valence-electron chi connectivity index (χ2n) is 3.14. The molecule has 2 N–H and O–H groups in total. The van der Waals surface area contributed by atoms with Crippen LogP contribution >= 0.6 is 0 Å². The fourth-order valence-corrected chi connectivity index (χ4v) is 1.68. The lowest BCUT2D eigenvalue weighted by molar-refractivity contribution is -0.136. The van der Waals surface area contributed by atoms with Gasteiger partial charge >= 0.3 is 11.9 Å². The van der Waals surface area contributed by atoms with Gasteiger partial charge in [0.2, 0.25) is 0 Å².